The van der Waals surface area contributed by atoms with Crippen molar-refractivity contribution in [2.24, 2.45) is 5.92 Å². The fourth-order valence-corrected chi connectivity index (χ4v) is 3.04. The van der Waals surface area contributed by atoms with E-state index < -0.39 is 11.3 Å². The first kappa shape index (κ1) is 15.4. The lowest BCUT2D eigenvalue weighted by molar-refractivity contribution is 0.0498. The Hall–Kier alpha value is -2.48. The summed E-state index contributed by atoms with van der Waals surface area (Å²) in [5.74, 6) is -0.273. The molecule has 1 saturated heterocycles. The van der Waals surface area contributed by atoms with E-state index in [2.05, 4.69) is 15.5 Å². The number of thiophene rings is 1. The second kappa shape index (κ2) is 6.33. The molecule has 0 atom stereocenters. The summed E-state index contributed by atoms with van der Waals surface area (Å²) in [5, 5.41) is 12.8. The highest BCUT2D eigenvalue weighted by molar-refractivity contribution is 7.08. The van der Waals surface area contributed by atoms with Crippen molar-refractivity contribution in [1.82, 2.24) is 20.4 Å². The van der Waals surface area contributed by atoms with Gasteiger partial charge in [-0.05, 0) is 18.4 Å². The van der Waals surface area contributed by atoms with Crippen molar-refractivity contribution in [3.8, 4) is 0 Å². The average molecular weight is 332 g/mol. The largest absolute Gasteiger partial charge is 0.350 e. The van der Waals surface area contributed by atoms with Gasteiger partial charge >= 0.3 is 0 Å². The molecule has 0 aliphatic carbocycles. The zero-order chi connectivity index (χ0) is 16.4. The van der Waals surface area contributed by atoms with Crippen LogP contribution in [0.3, 0.4) is 0 Å². The van der Waals surface area contributed by atoms with Crippen LogP contribution in [-0.2, 0) is 0 Å². The van der Waals surface area contributed by atoms with Crippen molar-refractivity contribution in [3.05, 3.63) is 50.1 Å². The lowest BCUT2D eigenvalue weighted by Crippen LogP contribution is -2.53. The van der Waals surface area contributed by atoms with Crippen molar-refractivity contribution in [1.29, 1.82) is 0 Å². The number of aromatic amines is 1. The topological polar surface area (TPSA) is 95.2 Å². The van der Waals surface area contributed by atoms with Gasteiger partial charge in [-0.1, -0.05) is 0 Å². The molecule has 2 aromatic rings. The lowest BCUT2D eigenvalue weighted by Gasteiger charge is -2.39. The molecule has 1 aliphatic rings. The number of H-pyrrole nitrogens is 1. The number of amides is 2. The quantitative estimate of drug-likeness (QED) is 0.859. The van der Waals surface area contributed by atoms with Crippen LogP contribution in [0.15, 0.2) is 27.7 Å². The molecule has 0 spiro atoms. The van der Waals surface area contributed by atoms with Crippen LogP contribution in [0.1, 0.15) is 26.5 Å². The maximum absolute atomic E-state index is 12.1. The smallest absolute Gasteiger partial charge is 0.275 e. The molecule has 3 rings (SSSR count). The van der Waals surface area contributed by atoms with Gasteiger partial charge in [-0.15, -0.1) is 0 Å². The lowest BCUT2D eigenvalue weighted by atomic mass is 9.99. The van der Waals surface area contributed by atoms with Crippen LogP contribution in [0.2, 0.25) is 0 Å². The highest BCUT2D eigenvalue weighted by Crippen LogP contribution is 2.19. The summed E-state index contributed by atoms with van der Waals surface area (Å²) in [5.41, 5.74) is 0.767. The first-order chi connectivity index (χ1) is 11.0. The average Bonchev–Trinajstić information content (AvgIpc) is 2.99. The van der Waals surface area contributed by atoms with E-state index in [0.29, 0.717) is 30.9 Å². The Bertz CT molecular complexity index is 778. The molecule has 3 heterocycles. The molecular weight excluding hydrogens is 316 g/mol. The molecule has 1 aliphatic heterocycles. The van der Waals surface area contributed by atoms with Gasteiger partial charge in [-0.25, -0.2) is 0 Å². The van der Waals surface area contributed by atoms with E-state index in [1.165, 1.54) is 17.4 Å². The highest BCUT2D eigenvalue weighted by Gasteiger charge is 2.31. The van der Waals surface area contributed by atoms with Crippen LogP contribution in [0.5, 0.6) is 0 Å². The summed E-state index contributed by atoms with van der Waals surface area (Å²) in [7, 11) is 0. The van der Waals surface area contributed by atoms with Crippen LogP contribution >= 0.6 is 11.3 Å². The number of nitrogens with zero attached hydrogens (tertiary/aromatic N) is 2. The number of carbonyl (C=O) groups excluding carboxylic acids is 2. The van der Waals surface area contributed by atoms with E-state index in [1.54, 1.807) is 17.9 Å². The molecule has 2 amide bonds. The maximum Gasteiger partial charge on any atom is 0.275 e. The zero-order valence-corrected chi connectivity index (χ0v) is 13.4. The fourth-order valence-electron chi connectivity index (χ4n) is 2.41. The Labute approximate surface area is 136 Å². The third-order valence-electron chi connectivity index (χ3n) is 3.70. The van der Waals surface area contributed by atoms with Crippen LogP contribution in [0.4, 0.5) is 0 Å². The highest BCUT2D eigenvalue weighted by atomic mass is 32.1. The predicted molar refractivity (Wildman–Crippen MR) is 85.6 cm³/mol. The van der Waals surface area contributed by atoms with Crippen LogP contribution < -0.4 is 10.7 Å². The Morgan fingerprint density at radius 1 is 1.48 bits per heavy atom. The number of carbonyl (C=O) groups is 2. The SMILES string of the molecule is Cc1cc(=O)c(C(=O)NCC2CN(C(=O)c3ccsc3)C2)n[nH]1. The second-order valence-corrected chi connectivity index (χ2v) is 6.34. The minimum Gasteiger partial charge on any atom is -0.350 e. The molecule has 23 heavy (non-hydrogen) atoms. The van der Waals surface area contributed by atoms with Gasteiger partial charge in [0.05, 0.1) is 5.56 Å². The van der Waals surface area contributed by atoms with Gasteiger partial charge in [0, 0.05) is 42.7 Å². The first-order valence-corrected chi connectivity index (χ1v) is 8.15. The van der Waals surface area contributed by atoms with E-state index in [1.807, 2.05) is 10.8 Å². The van der Waals surface area contributed by atoms with Crippen molar-refractivity contribution in [2.45, 2.75) is 6.92 Å². The summed E-state index contributed by atoms with van der Waals surface area (Å²) in [6, 6.07) is 3.14. The number of aryl methyl sites for hydroxylation is 1. The molecule has 0 radical (unpaired) electrons. The molecule has 0 unspecified atom stereocenters. The molecule has 0 aromatic carbocycles. The molecule has 7 nitrogen and oxygen atoms in total. The standard InChI is InChI=1S/C15H16N4O3S/c1-9-4-12(20)13(18-17-9)14(21)16-5-10-6-19(7-10)15(22)11-2-3-23-8-11/h2-4,8,10H,5-7H2,1H3,(H,16,21)(H,17,20). The fraction of sp³-hybridized carbons (Fsp3) is 0.333. The Kier molecular flexibility index (Phi) is 4.24. The molecule has 0 bridgehead atoms. The van der Waals surface area contributed by atoms with Gasteiger partial charge in [-0.2, -0.15) is 16.4 Å². The molecule has 2 N–H and O–H groups in total. The zero-order valence-electron chi connectivity index (χ0n) is 12.5. The van der Waals surface area contributed by atoms with Crippen molar-refractivity contribution in [2.75, 3.05) is 19.6 Å². The molecular formula is C15H16N4O3S. The molecule has 8 heteroatoms. The minimum atomic E-state index is -0.492. The second-order valence-electron chi connectivity index (χ2n) is 5.56. The summed E-state index contributed by atoms with van der Waals surface area (Å²) >= 11 is 1.49. The third kappa shape index (κ3) is 3.31. The van der Waals surface area contributed by atoms with Gasteiger partial charge < -0.3 is 10.2 Å². The third-order valence-corrected chi connectivity index (χ3v) is 4.39. The van der Waals surface area contributed by atoms with Gasteiger partial charge in [0.15, 0.2) is 5.69 Å². The predicted octanol–water partition coefficient (Wildman–Crippen LogP) is 0.642. The van der Waals surface area contributed by atoms with Crippen LogP contribution in [0, 0.1) is 12.8 Å². The molecule has 1 fully saturated rings. The normalized spacial score (nSPS) is 14.4. The molecule has 0 saturated carbocycles. The van der Waals surface area contributed by atoms with E-state index >= 15 is 0 Å². The number of nitrogens with one attached hydrogen (secondary N) is 2. The Morgan fingerprint density at radius 2 is 2.26 bits per heavy atom. The molecule has 2 aromatic heterocycles. The van der Waals surface area contributed by atoms with E-state index in [-0.39, 0.29) is 17.5 Å². The first-order valence-electron chi connectivity index (χ1n) is 7.20. The van der Waals surface area contributed by atoms with Crippen molar-refractivity contribution >= 4 is 23.2 Å². The summed E-state index contributed by atoms with van der Waals surface area (Å²) in [6.45, 7) is 3.32. The summed E-state index contributed by atoms with van der Waals surface area (Å²) in [6.07, 6.45) is 0. The van der Waals surface area contributed by atoms with Crippen LogP contribution in [-0.4, -0.2) is 46.5 Å². The van der Waals surface area contributed by atoms with Gasteiger partial charge in [0.1, 0.15) is 0 Å². The van der Waals surface area contributed by atoms with Gasteiger partial charge in [0.2, 0.25) is 5.43 Å². The Balaban J connectivity index is 1.48. The molecule has 120 valence electrons. The monoisotopic (exact) mass is 332 g/mol. The number of hydrogen-bond donors (Lipinski definition) is 2. The van der Waals surface area contributed by atoms with Gasteiger partial charge in [-0.3, -0.25) is 19.5 Å². The minimum absolute atomic E-state index is 0.0190. The van der Waals surface area contributed by atoms with Crippen LogP contribution in [0.25, 0.3) is 0 Å². The summed E-state index contributed by atoms with van der Waals surface area (Å²) < 4.78 is 0. The van der Waals surface area contributed by atoms with Gasteiger partial charge in [0.25, 0.3) is 11.8 Å². The van der Waals surface area contributed by atoms with E-state index in [0.717, 1.165) is 0 Å². The Morgan fingerprint density at radius 3 is 2.91 bits per heavy atom. The van der Waals surface area contributed by atoms with E-state index in [9.17, 15) is 14.4 Å². The van der Waals surface area contributed by atoms with E-state index in [4.69, 9.17) is 0 Å². The van der Waals surface area contributed by atoms with Crippen molar-refractivity contribution < 1.29 is 9.59 Å². The number of hydrogen-bond acceptors (Lipinski definition) is 5. The number of aromatic nitrogens is 2. The number of likely N-dealkylation sites (tertiary alicyclic amines) is 1. The maximum atomic E-state index is 12.1. The van der Waals surface area contributed by atoms with Crippen molar-refractivity contribution in [3.63, 3.8) is 0 Å². The number of rotatable bonds is 4. The summed E-state index contributed by atoms with van der Waals surface area (Å²) in [4.78, 5) is 37.4.